The van der Waals surface area contributed by atoms with Crippen LogP contribution in [0, 0.1) is 0 Å². The number of benzene rings is 1. The van der Waals surface area contributed by atoms with E-state index in [1.807, 2.05) is 25.4 Å². The lowest BCUT2D eigenvalue weighted by Crippen LogP contribution is -2.32. The number of thiophene rings is 1. The maximum Gasteiger partial charge on any atom is 0.227 e. The van der Waals surface area contributed by atoms with Crippen LogP contribution < -0.4 is 4.90 Å². The van der Waals surface area contributed by atoms with Gasteiger partial charge in [0.2, 0.25) is 5.91 Å². The van der Waals surface area contributed by atoms with Crippen LogP contribution in [0.3, 0.4) is 0 Å². The van der Waals surface area contributed by atoms with E-state index in [0.717, 1.165) is 26.8 Å². The number of aryl methyl sites for hydroxylation is 1. The fourth-order valence-corrected chi connectivity index (χ4v) is 5.61. The van der Waals surface area contributed by atoms with Crippen LogP contribution in [0.25, 0.3) is 0 Å². The maximum atomic E-state index is 11.8. The summed E-state index contributed by atoms with van der Waals surface area (Å²) in [7, 11) is 1.84. The Morgan fingerprint density at radius 1 is 1.36 bits per heavy atom. The molecule has 6 heteroatoms. The molecule has 0 spiro atoms. The second-order valence-corrected chi connectivity index (χ2v) is 8.97. The molecule has 0 radical (unpaired) electrons. The fourth-order valence-electron chi connectivity index (χ4n) is 3.52. The summed E-state index contributed by atoms with van der Waals surface area (Å²) in [6.07, 6.45) is 1.86. The average molecular weight is 376 g/mol. The van der Waals surface area contributed by atoms with Gasteiger partial charge in [-0.15, -0.1) is 11.3 Å². The molecule has 1 aromatic heterocycles. The van der Waals surface area contributed by atoms with Gasteiger partial charge in [0.1, 0.15) is 5.60 Å². The Morgan fingerprint density at radius 3 is 2.96 bits per heavy atom. The normalized spacial score (nSPS) is 26.1. The first-order valence-corrected chi connectivity index (χ1v) is 10.2. The highest BCUT2D eigenvalue weighted by Crippen LogP contribution is 2.42. The molecule has 4 rings (SSSR count). The number of amides is 1. The Bertz CT molecular complexity index is 819. The molecule has 1 N–H and O–H groups in total. The molecule has 25 heavy (non-hydrogen) atoms. The number of ether oxygens (including phenoxy) is 1. The third-order valence-electron chi connectivity index (χ3n) is 5.21. The zero-order valence-electron chi connectivity index (χ0n) is 14.3. The number of aliphatic hydroxyl groups is 1. The van der Waals surface area contributed by atoms with Crippen molar-refractivity contribution in [2.45, 2.75) is 47.0 Å². The molecule has 2 unspecified atom stereocenters. The number of fused-ring (bicyclic) bond motifs is 1. The summed E-state index contributed by atoms with van der Waals surface area (Å²) in [4.78, 5) is 14.7. The zero-order valence-corrected chi connectivity index (χ0v) is 16.0. The molecular formula is C19H21NO3S2. The molecule has 2 atom stereocenters. The highest BCUT2D eigenvalue weighted by Gasteiger charge is 2.41. The molecule has 132 valence electrons. The Kier molecular flexibility index (Phi) is 4.40. The Labute approximate surface area is 155 Å². The molecule has 2 aliphatic heterocycles. The van der Waals surface area contributed by atoms with Crippen LogP contribution in [-0.2, 0) is 21.6 Å². The van der Waals surface area contributed by atoms with Gasteiger partial charge in [-0.2, -0.15) is 0 Å². The van der Waals surface area contributed by atoms with Crippen molar-refractivity contribution in [1.29, 1.82) is 0 Å². The van der Waals surface area contributed by atoms with E-state index >= 15 is 0 Å². The molecule has 1 fully saturated rings. The van der Waals surface area contributed by atoms with Crippen molar-refractivity contribution >= 4 is 34.7 Å². The van der Waals surface area contributed by atoms with Gasteiger partial charge in [-0.05, 0) is 54.1 Å². The third-order valence-corrected chi connectivity index (χ3v) is 7.28. The van der Waals surface area contributed by atoms with Gasteiger partial charge in [-0.25, -0.2) is 0 Å². The molecule has 0 saturated carbocycles. The summed E-state index contributed by atoms with van der Waals surface area (Å²) < 4.78 is 6.70. The molecule has 1 aromatic carbocycles. The van der Waals surface area contributed by atoms with E-state index in [1.54, 1.807) is 28.0 Å². The van der Waals surface area contributed by atoms with E-state index in [0.29, 0.717) is 19.4 Å². The van der Waals surface area contributed by atoms with Gasteiger partial charge in [-0.1, -0.05) is 11.8 Å². The van der Waals surface area contributed by atoms with Gasteiger partial charge in [0.25, 0.3) is 0 Å². The minimum Gasteiger partial charge on any atom is -0.382 e. The standard InChI is InChI=1S/C19H21NO3S2/c1-12-19(22,7-8-23-12)14-10-18(24-11-14)25-15-4-5-16-13(9-15)3-6-17(21)20(16)2/h4-5,9-12,22H,3,6-8H2,1-2H3. The first-order chi connectivity index (χ1) is 12.0. The van der Waals surface area contributed by atoms with Crippen LogP contribution in [0.15, 0.2) is 38.8 Å². The summed E-state index contributed by atoms with van der Waals surface area (Å²) in [5.74, 6) is 0.178. The van der Waals surface area contributed by atoms with Crippen LogP contribution >= 0.6 is 23.1 Å². The number of carbonyl (C=O) groups excluding carboxylic acids is 1. The van der Waals surface area contributed by atoms with Crippen LogP contribution in [0.2, 0.25) is 0 Å². The van der Waals surface area contributed by atoms with Gasteiger partial charge < -0.3 is 14.7 Å². The van der Waals surface area contributed by atoms with E-state index in [2.05, 4.69) is 18.2 Å². The van der Waals surface area contributed by atoms with E-state index < -0.39 is 5.60 Å². The first kappa shape index (κ1) is 17.1. The molecule has 4 nitrogen and oxygen atoms in total. The lowest BCUT2D eigenvalue weighted by atomic mass is 9.90. The lowest BCUT2D eigenvalue weighted by molar-refractivity contribution is -0.118. The van der Waals surface area contributed by atoms with E-state index in [9.17, 15) is 9.90 Å². The van der Waals surface area contributed by atoms with Gasteiger partial charge in [0.15, 0.2) is 0 Å². The molecule has 1 saturated heterocycles. The monoisotopic (exact) mass is 375 g/mol. The predicted molar refractivity (Wildman–Crippen MR) is 101 cm³/mol. The Morgan fingerprint density at radius 2 is 2.20 bits per heavy atom. The number of hydrogen-bond acceptors (Lipinski definition) is 5. The topological polar surface area (TPSA) is 49.8 Å². The van der Waals surface area contributed by atoms with E-state index in [4.69, 9.17) is 4.74 Å². The summed E-state index contributed by atoms with van der Waals surface area (Å²) in [5.41, 5.74) is 2.32. The average Bonchev–Trinajstić information content (AvgIpc) is 3.19. The molecular weight excluding hydrogens is 354 g/mol. The second-order valence-electron chi connectivity index (χ2n) is 6.69. The van der Waals surface area contributed by atoms with Crippen LogP contribution in [0.1, 0.15) is 30.9 Å². The highest BCUT2D eigenvalue weighted by molar-refractivity contribution is 8.01. The van der Waals surface area contributed by atoms with Crippen LogP contribution in [0.5, 0.6) is 0 Å². The summed E-state index contributed by atoms with van der Waals surface area (Å²) in [6, 6.07) is 8.35. The fraction of sp³-hybridized carbons (Fsp3) is 0.421. The quantitative estimate of drug-likeness (QED) is 0.886. The molecule has 2 aromatic rings. The Balaban J connectivity index is 1.55. The van der Waals surface area contributed by atoms with Crippen molar-refractivity contribution < 1.29 is 14.6 Å². The van der Waals surface area contributed by atoms with Crippen molar-refractivity contribution in [2.24, 2.45) is 0 Å². The lowest BCUT2D eigenvalue weighted by Gasteiger charge is -2.26. The molecule has 1 amide bonds. The van der Waals surface area contributed by atoms with Crippen LogP contribution in [-0.4, -0.2) is 30.8 Å². The van der Waals surface area contributed by atoms with E-state index in [-0.39, 0.29) is 12.0 Å². The number of anilines is 1. The molecule has 0 bridgehead atoms. The van der Waals surface area contributed by atoms with Crippen molar-refractivity contribution in [1.82, 2.24) is 0 Å². The number of nitrogens with zero attached hydrogens (tertiary/aromatic N) is 1. The SMILES string of the molecule is CC1OCCC1(O)c1csc(Sc2ccc3c(c2)CCC(=O)N3C)c1. The zero-order chi connectivity index (χ0) is 17.6. The summed E-state index contributed by atoms with van der Waals surface area (Å²) in [5, 5.41) is 12.9. The smallest absolute Gasteiger partial charge is 0.227 e. The largest absolute Gasteiger partial charge is 0.382 e. The van der Waals surface area contributed by atoms with Crippen molar-refractivity contribution in [3.63, 3.8) is 0 Å². The van der Waals surface area contributed by atoms with Crippen molar-refractivity contribution in [3.8, 4) is 0 Å². The summed E-state index contributed by atoms with van der Waals surface area (Å²) >= 11 is 3.36. The Hall–Kier alpha value is -1.34. The van der Waals surface area contributed by atoms with Crippen LogP contribution in [0.4, 0.5) is 5.69 Å². The van der Waals surface area contributed by atoms with Gasteiger partial charge >= 0.3 is 0 Å². The number of carbonyl (C=O) groups is 1. The third kappa shape index (κ3) is 3.01. The first-order valence-electron chi connectivity index (χ1n) is 8.48. The predicted octanol–water partition coefficient (Wildman–Crippen LogP) is 3.80. The minimum atomic E-state index is -0.867. The molecule has 2 aliphatic rings. The van der Waals surface area contributed by atoms with Crippen molar-refractivity contribution in [3.05, 3.63) is 40.8 Å². The number of hydrogen-bond donors (Lipinski definition) is 1. The second kappa shape index (κ2) is 6.43. The minimum absolute atomic E-state index is 0.170. The summed E-state index contributed by atoms with van der Waals surface area (Å²) in [6.45, 7) is 2.53. The number of rotatable bonds is 3. The maximum absolute atomic E-state index is 11.8. The molecule has 3 heterocycles. The molecule has 0 aliphatic carbocycles. The van der Waals surface area contributed by atoms with Gasteiger partial charge in [0, 0.05) is 30.5 Å². The van der Waals surface area contributed by atoms with Gasteiger partial charge in [-0.3, -0.25) is 4.79 Å². The van der Waals surface area contributed by atoms with E-state index in [1.165, 1.54) is 5.56 Å². The van der Waals surface area contributed by atoms with Crippen molar-refractivity contribution in [2.75, 3.05) is 18.6 Å². The highest BCUT2D eigenvalue weighted by atomic mass is 32.2. The van der Waals surface area contributed by atoms with Gasteiger partial charge in [0.05, 0.1) is 16.9 Å².